The van der Waals surface area contributed by atoms with Crippen molar-refractivity contribution in [3.05, 3.63) is 0 Å². The van der Waals surface area contributed by atoms with Crippen molar-refractivity contribution < 1.29 is 13.3 Å². The zero-order valence-electron chi connectivity index (χ0n) is 15.7. The lowest BCUT2D eigenvalue weighted by Gasteiger charge is -2.42. The number of rotatable bonds is 14. The molecule has 8 heteroatoms. The van der Waals surface area contributed by atoms with Crippen molar-refractivity contribution >= 4 is 40.4 Å². The molecule has 0 unspecified atom stereocenters. The van der Waals surface area contributed by atoms with E-state index in [9.17, 15) is 0 Å². The molecule has 0 aliphatic carbocycles. The standard InChI is InChI=1S/C15H35NO3S3Si/c1-8-17-23(18-9-2,19-10-3)12-11-15(13(4)5,14(6)7)20-22-21-16/h13-14H,8-12,16H2,1-7H3. The average Bonchev–Trinajstić information content (AvgIpc) is 2.47. The van der Waals surface area contributed by atoms with Crippen molar-refractivity contribution in [2.75, 3.05) is 19.8 Å². The van der Waals surface area contributed by atoms with Crippen molar-refractivity contribution in [3.63, 3.8) is 0 Å². The molecule has 0 aliphatic heterocycles. The second kappa shape index (κ2) is 12.5. The predicted molar refractivity (Wildman–Crippen MR) is 109 cm³/mol. The van der Waals surface area contributed by atoms with Gasteiger partial charge in [-0.2, -0.15) is 0 Å². The summed E-state index contributed by atoms with van der Waals surface area (Å²) in [6.07, 6.45) is 1.01. The lowest BCUT2D eigenvalue weighted by molar-refractivity contribution is 0.0689. The minimum atomic E-state index is -2.60. The quantitative estimate of drug-likeness (QED) is 0.238. The Morgan fingerprint density at radius 2 is 1.35 bits per heavy atom. The smallest absolute Gasteiger partial charge is 0.374 e. The van der Waals surface area contributed by atoms with Crippen LogP contribution >= 0.6 is 31.6 Å². The fourth-order valence-corrected chi connectivity index (χ4v) is 9.95. The van der Waals surface area contributed by atoms with Crippen molar-refractivity contribution in [3.8, 4) is 0 Å². The summed E-state index contributed by atoms with van der Waals surface area (Å²) in [5.41, 5.74) is 0. The normalized spacial score (nSPS) is 13.3. The Morgan fingerprint density at radius 1 is 0.913 bits per heavy atom. The highest BCUT2D eigenvalue weighted by Gasteiger charge is 2.46. The zero-order chi connectivity index (χ0) is 17.9. The second-order valence-corrected chi connectivity index (χ2v) is 12.7. The van der Waals surface area contributed by atoms with Gasteiger partial charge in [-0.3, -0.25) is 5.14 Å². The van der Waals surface area contributed by atoms with Gasteiger partial charge in [-0.15, -0.1) is 0 Å². The molecule has 0 aromatic carbocycles. The fourth-order valence-electron chi connectivity index (χ4n) is 2.91. The van der Waals surface area contributed by atoms with Crippen LogP contribution in [0.1, 0.15) is 54.9 Å². The molecule has 0 amide bonds. The van der Waals surface area contributed by atoms with Gasteiger partial charge in [-0.25, -0.2) is 0 Å². The van der Waals surface area contributed by atoms with Crippen molar-refractivity contribution in [1.29, 1.82) is 0 Å². The number of nitrogens with two attached hydrogens (primary N) is 1. The molecule has 23 heavy (non-hydrogen) atoms. The maximum atomic E-state index is 6.02. The molecular formula is C15H35NO3S3Si. The van der Waals surface area contributed by atoms with E-state index in [2.05, 4.69) is 27.7 Å². The third kappa shape index (κ3) is 7.48. The highest BCUT2D eigenvalue weighted by atomic mass is 33.5. The SMILES string of the molecule is CCO[Si](CCC(SSSN)(C(C)C)C(C)C)(OCC)OCC. The van der Waals surface area contributed by atoms with E-state index in [0.717, 1.165) is 12.5 Å². The van der Waals surface area contributed by atoms with Gasteiger partial charge in [0, 0.05) is 30.6 Å². The van der Waals surface area contributed by atoms with Crippen LogP contribution in [0.5, 0.6) is 0 Å². The third-order valence-corrected chi connectivity index (χ3v) is 11.4. The Balaban J connectivity index is 5.27. The largest absolute Gasteiger partial charge is 0.500 e. The maximum absolute atomic E-state index is 6.02. The summed E-state index contributed by atoms with van der Waals surface area (Å²) < 4.78 is 18.2. The molecule has 2 N–H and O–H groups in total. The molecule has 0 aliphatic rings. The van der Waals surface area contributed by atoms with Gasteiger partial charge in [0.05, 0.1) is 0 Å². The van der Waals surface area contributed by atoms with Crippen LogP contribution in [0, 0.1) is 11.8 Å². The molecule has 0 saturated heterocycles. The minimum absolute atomic E-state index is 0.126. The molecule has 0 fully saturated rings. The van der Waals surface area contributed by atoms with Gasteiger partial charge in [0.25, 0.3) is 0 Å². The van der Waals surface area contributed by atoms with Crippen LogP contribution in [0.3, 0.4) is 0 Å². The van der Waals surface area contributed by atoms with Crippen LogP contribution in [0.15, 0.2) is 0 Å². The Bertz CT molecular complexity index is 285. The first-order valence-electron chi connectivity index (χ1n) is 8.47. The van der Waals surface area contributed by atoms with Crippen LogP contribution < -0.4 is 5.14 Å². The van der Waals surface area contributed by atoms with E-state index in [-0.39, 0.29) is 4.75 Å². The maximum Gasteiger partial charge on any atom is 0.500 e. The molecule has 0 radical (unpaired) electrons. The number of hydrogen-bond donors (Lipinski definition) is 1. The molecule has 0 rings (SSSR count). The summed E-state index contributed by atoms with van der Waals surface area (Å²) in [5.74, 6) is 1.06. The molecular weight excluding hydrogens is 366 g/mol. The first-order valence-corrected chi connectivity index (χ1v) is 13.9. The van der Waals surface area contributed by atoms with Crippen LogP contribution in [-0.2, 0) is 13.3 Å². The van der Waals surface area contributed by atoms with Crippen molar-refractivity contribution in [2.24, 2.45) is 17.0 Å². The van der Waals surface area contributed by atoms with Crippen molar-refractivity contribution in [1.82, 2.24) is 0 Å². The summed E-state index contributed by atoms with van der Waals surface area (Å²) >= 11 is 0. The molecule has 140 valence electrons. The average molecular weight is 402 g/mol. The van der Waals surface area contributed by atoms with E-state index in [4.69, 9.17) is 18.4 Å². The van der Waals surface area contributed by atoms with E-state index >= 15 is 0 Å². The van der Waals surface area contributed by atoms with Crippen LogP contribution in [0.4, 0.5) is 0 Å². The fraction of sp³-hybridized carbons (Fsp3) is 1.00. The summed E-state index contributed by atoms with van der Waals surface area (Å²) in [7, 11) is 2.28. The Labute approximate surface area is 156 Å². The van der Waals surface area contributed by atoms with E-state index in [1.807, 2.05) is 31.6 Å². The van der Waals surface area contributed by atoms with E-state index in [1.54, 1.807) is 9.83 Å². The van der Waals surface area contributed by atoms with E-state index < -0.39 is 8.80 Å². The molecule has 0 atom stereocenters. The predicted octanol–water partition coefficient (Wildman–Crippen LogP) is 5.38. The van der Waals surface area contributed by atoms with Gasteiger partial charge in [0.15, 0.2) is 0 Å². The Kier molecular flexibility index (Phi) is 13.1. The minimum Gasteiger partial charge on any atom is -0.374 e. The Hall–Kier alpha value is 1.11. The summed E-state index contributed by atoms with van der Waals surface area (Å²) in [6, 6.07) is 0.849. The molecule has 0 spiro atoms. The lowest BCUT2D eigenvalue weighted by Crippen LogP contribution is -2.48. The number of hydrogen-bond acceptors (Lipinski definition) is 7. The highest BCUT2D eigenvalue weighted by Crippen LogP contribution is 2.52. The van der Waals surface area contributed by atoms with Gasteiger partial charge in [-0.1, -0.05) is 38.5 Å². The molecule has 0 heterocycles. The van der Waals surface area contributed by atoms with Gasteiger partial charge < -0.3 is 13.3 Å². The van der Waals surface area contributed by atoms with Crippen LogP contribution in [-0.4, -0.2) is 33.4 Å². The first kappa shape index (κ1) is 24.1. The summed E-state index contributed by atoms with van der Waals surface area (Å²) in [4.78, 5) is 0. The summed E-state index contributed by atoms with van der Waals surface area (Å²) in [6.45, 7) is 17.1. The van der Waals surface area contributed by atoms with E-state index in [1.165, 1.54) is 11.0 Å². The van der Waals surface area contributed by atoms with Crippen LogP contribution in [0.25, 0.3) is 0 Å². The van der Waals surface area contributed by atoms with Crippen molar-refractivity contribution in [2.45, 2.75) is 65.7 Å². The second-order valence-electron chi connectivity index (χ2n) is 5.99. The lowest BCUT2D eigenvalue weighted by atomic mass is 9.82. The molecule has 0 aromatic rings. The monoisotopic (exact) mass is 401 g/mol. The van der Waals surface area contributed by atoms with E-state index in [0.29, 0.717) is 31.7 Å². The first-order chi connectivity index (χ1) is 10.8. The van der Waals surface area contributed by atoms with Crippen LogP contribution in [0.2, 0.25) is 6.04 Å². The molecule has 4 nitrogen and oxygen atoms in total. The summed E-state index contributed by atoms with van der Waals surface area (Å²) in [5, 5.41) is 5.65. The zero-order valence-corrected chi connectivity index (χ0v) is 19.2. The molecule has 0 aromatic heterocycles. The molecule has 0 saturated carbocycles. The highest BCUT2D eigenvalue weighted by molar-refractivity contribution is 9.09. The van der Waals surface area contributed by atoms with Gasteiger partial charge in [-0.05, 0) is 59.8 Å². The Morgan fingerprint density at radius 3 is 1.65 bits per heavy atom. The van der Waals surface area contributed by atoms with Gasteiger partial charge >= 0.3 is 8.80 Å². The molecule has 0 bridgehead atoms. The van der Waals surface area contributed by atoms with Gasteiger partial charge in [0.1, 0.15) is 0 Å². The third-order valence-electron chi connectivity index (χ3n) is 4.10. The van der Waals surface area contributed by atoms with Gasteiger partial charge in [0.2, 0.25) is 0 Å². The topological polar surface area (TPSA) is 53.7 Å².